The molecule has 2 heterocycles. The smallest absolute Gasteiger partial charge is 0.273 e. The van der Waals surface area contributed by atoms with Crippen LogP contribution < -0.4 is 10.6 Å². The number of carbonyl (C=O) groups excluding carboxylic acids is 3. The highest BCUT2D eigenvalue weighted by atomic mass is 19.1. The lowest BCUT2D eigenvalue weighted by Crippen LogP contribution is -2.47. The lowest BCUT2D eigenvalue weighted by Gasteiger charge is -2.33. The SMILES string of the molecule is O=C(Nc1nccnc1C(=O)NC1CCN(C(=O)CC2CCCC2)CC1)c1ccc(F)cc1. The Kier molecular flexibility index (Phi) is 7.26. The summed E-state index contributed by atoms with van der Waals surface area (Å²) in [7, 11) is 0. The molecule has 1 aliphatic heterocycles. The number of likely N-dealkylation sites (tertiary alicyclic amines) is 1. The number of nitrogens with one attached hydrogen (secondary N) is 2. The Morgan fingerprint density at radius 2 is 1.61 bits per heavy atom. The van der Waals surface area contributed by atoms with Gasteiger partial charge in [0.05, 0.1) is 0 Å². The molecule has 2 aromatic rings. The molecule has 9 heteroatoms. The fourth-order valence-electron chi connectivity index (χ4n) is 4.49. The number of amides is 3. The average molecular weight is 454 g/mol. The van der Waals surface area contributed by atoms with Crippen molar-refractivity contribution < 1.29 is 18.8 Å². The Labute approximate surface area is 192 Å². The predicted octanol–water partition coefficient (Wildman–Crippen LogP) is 3.17. The Morgan fingerprint density at radius 3 is 2.30 bits per heavy atom. The first-order chi connectivity index (χ1) is 16.0. The normalized spacial score (nSPS) is 17.1. The van der Waals surface area contributed by atoms with Crippen LogP contribution in [0.1, 0.15) is 65.8 Å². The van der Waals surface area contributed by atoms with Crippen molar-refractivity contribution in [2.75, 3.05) is 18.4 Å². The molecule has 0 bridgehead atoms. The van der Waals surface area contributed by atoms with Crippen LogP contribution >= 0.6 is 0 Å². The minimum absolute atomic E-state index is 0.00713. The van der Waals surface area contributed by atoms with Crippen molar-refractivity contribution in [3.8, 4) is 0 Å². The summed E-state index contributed by atoms with van der Waals surface area (Å²) < 4.78 is 13.1. The largest absolute Gasteiger partial charge is 0.348 e. The van der Waals surface area contributed by atoms with Gasteiger partial charge >= 0.3 is 0 Å². The van der Waals surface area contributed by atoms with E-state index in [4.69, 9.17) is 0 Å². The topological polar surface area (TPSA) is 104 Å². The van der Waals surface area contributed by atoms with Gasteiger partial charge < -0.3 is 15.5 Å². The number of hydrogen-bond donors (Lipinski definition) is 2. The molecule has 8 nitrogen and oxygen atoms in total. The van der Waals surface area contributed by atoms with Crippen LogP contribution in [0.2, 0.25) is 0 Å². The number of anilines is 1. The first-order valence-electron chi connectivity index (χ1n) is 11.5. The number of benzene rings is 1. The highest BCUT2D eigenvalue weighted by molar-refractivity contribution is 6.07. The van der Waals surface area contributed by atoms with E-state index in [1.165, 1.54) is 49.5 Å². The molecule has 3 amide bonds. The molecule has 2 fully saturated rings. The number of aromatic nitrogens is 2. The molecule has 1 saturated carbocycles. The van der Waals surface area contributed by atoms with E-state index < -0.39 is 17.6 Å². The van der Waals surface area contributed by atoms with Crippen LogP contribution in [-0.2, 0) is 4.79 Å². The number of nitrogens with zero attached hydrogens (tertiary/aromatic N) is 3. The monoisotopic (exact) mass is 453 g/mol. The number of rotatable bonds is 6. The van der Waals surface area contributed by atoms with Crippen molar-refractivity contribution in [1.82, 2.24) is 20.2 Å². The van der Waals surface area contributed by atoms with E-state index in [0.717, 1.165) is 12.8 Å². The minimum atomic E-state index is -0.515. The van der Waals surface area contributed by atoms with Crippen molar-refractivity contribution in [2.45, 2.75) is 51.0 Å². The van der Waals surface area contributed by atoms with Crippen molar-refractivity contribution in [2.24, 2.45) is 5.92 Å². The summed E-state index contributed by atoms with van der Waals surface area (Å²) in [5, 5.41) is 5.52. The summed E-state index contributed by atoms with van der Waals surface area (Å²) in [5.74, 6) is -0.626. The van der Waals surface area contributed by atoms with Gasteiger partial charge in [0.25, 0.3) is 11.8 Å². The van der Waals surface area contributed by atoms with E-state index in [9.17, 15) is 18.8 Å². The summed E-state index contributed by atoms with van der Waals surface area (Å²) in [6.07, 6.45) is 9.47. The van der Waals surface area contributed by atoms with Crippen molar-refractivity contribution in [1.29, 1.82) is 0 Å². The van der Waals surface area contributed by atoms with Gasteiger partial charge in [0.2, 0.25) is 5.91 Å². The zero-order valence-electron chi connectivity index (χ0n) is 18.4. The Bertz CT molecular complexity index is 999. The molecular weight excluding hydrogens is 425 g/mol. The van der Waals surface area contributed by atoms with Gasteiger partial charge in [0, 0.05) is 43.5 Å². The second kappa shape index (κ2) is 10.5. The lowest BCUT2D eigenvalue weighted by atomic mass is 10.0. The van der Waals surface area contributed by atoms with Gasteiger partial charge in [-0.3, -0.25) is 14.4 Å². The van der Waals surface area contributed by atoms with Gasteiger partial charge in [0.1, 0.15) is 5.82 Å². The van der Waals surface area contributed by atoms with Crippen molar-refractivity contribution >= 4 is 23.5 Å². The third-order valence-corrected chi connectivity index (χ3v) is 6.37. The van der Waals surface area contributed by atoms with Gasteiger partial charge in [-0.1, -0.05) is 12.8 Å². The first-order valence-corrected chi connectivity index (χ1v) is 11.5. The van der Waals surface area contributed by atoms with Gasteiger partial charge in [-0.05, 0) is 55.9 Å². The van der Waals surface area contributed by atoms with E-state index in [1.807, 2.05) is 4.90 Å². The Hall–Kier alpha value is -3.36. The van der Waals surface area contributed by atoms with Crippen LogP contribution in [0.15, 0.2) is 36.7 Å². The third kappa shape index (κ3) is 5.91. The van der Waals surface area contributed by atoms with Crippen LogP contribution in [0.25, 0.3) is 0 Å². The molecule has 2 aliphatic rings. The number of halogens is 1. The van der Waals surface area contributed by atoms with Gasteiger partial charge in [0.15, 0.2) is 11.5 Å². The second-order valence-corrected chi connectivity index (χ2v) is 8.70. The van der Waals surface area contributed by atoms with Crippen molar-refractivity contribution in [3.05, 3.63) is 53.7 Å². The van der Waals surface area contributed by atoms with Crippen LogP contribution in [0, 0.1) is 11.7 Å². The quantitative estimate of drug-likeness (QED) is 0.699. The number of hydrogen-bond acceptors (Lipinski definition) is 5. The summed E-state index contributed by atoms with van der Waals surface area (Å²) in [4.78, 5) is 47.9. The molecule has 33 heavy (non-hydrogen) atoms. The van der Waals surface area contributed by atoms with Crippen LogP contribution in [0.5, 0.6) is 0 Å². The van der Waals surface area contributed by atoms with Crippen molar-refractivity contribution in [3.63, 3.8) is 0 Å². The van der Waals surface area contributed by atoms with E-state index >= 15 is 0 Å². The van der Waals surface area contributed by atoms with Crippen LogP contribution in [0.3, 0.4) is 0 Å². The molecule has 2 N–H and O–H groups in total. The summed E-state index contributed by atoms with van der Waals surface area (Å²) in [5.41, 5.74) is 0.246. The third-order valence-electron chi connectivity index (χ3n) is 6.37. The van der Waals surface area contributed by atoms with Gasteiger partial charge in [-0.2, -0.15) is 0 Å². The zero-order valence-corrected chi connectivity index (χ0v) is 18.4. The molecule has 1 aliphatic carbocycles. The molecule has 0 atom stereocenters. The molecule has 4 rings (SSSR count). The predicted molar refractivity (Wildman–Crippen MR) is 120 cm³/mol. The van der Waals surface area contributed by atoms with Gasteiger partial charge in [-0.15, -0.1) is 0 Å². The molecule has 174 valence electrons. The highest BCUT2D eigenvalue weighted by Crippen LogP contribution is 2.28. The second-order valence-electron chi connectivity index (χ2n) is 8.70. The van der Waals surface area contributed by atoms with Gasteiger partial charge in [-0.25, -0.2) is 14.4 Å². The number of piperidine rings is 1. The Balaban J connectivity index is 1.31. The fraction of sp³-hybridized carbons (Fsp3) is 0.458. The fourth-order valence-corrected chi connectivity index (χ4v) is 4.49. The molecule has 1 saturated heterocycles. The maximum Gasteiger partial charge on any atom is 0.273 e. The van der Waals surface area contributed by atoms with E-state index in [-0.39, 0.29) is 29.0 Å². The summed E-state index contributed by atoms with van der Waals surface area (Å²) >= 11 is 0. The maximum atomic E-state index is 13.1. The Morgan fingerprint density at radius 1 is 0.939 bits per heavy atom. The van der Waals surface area contributed by atoms with E-state index in [0.29, 0.717) is 38.3 Å². The van der Waals surface area contributed by atoms with E-state index in [2.05, 4.69) is 20.6 Å². The van der Waals surface area contributed by atoms with Crippen LogP contribution in [0.4, 0.5) is 10.2 Å². The molecule has 1 aromatic carbocycles. The first kappa shape index (κ1) is 22.8. The van der Waals surface area contributed by atoms with E-state index in [1.54, 1.807) is 0 Å². The van der Waals surface area contributed by atoms with Crippen LogP contribution in [-0.4, -0.2) is 51.7 Å². The molecular formula is C24H28FN5O3. The molecule has 0 spiro atoms. The molecule has 1 aromatic heterocycles. The standard InChI is InChI=1S/C24H28FN5O3/c25-18-7-5-17(6-8-18)23(32)29-22-21(26-11-12-27-22)24(33)28-19-9-13-30(14-10-19)20(31)15-16-3-1-2-4-16/h5-8,11-12,16,19H,1-4,9-10,13-15H2,(H,28,33)(H,27,29,32). The number of carbonyl (C=O) groups is 3. The molecule has 0 radical (unpaired) electrons. The summed E-state index contributed by atoms with van der Waals surface area (Å²) in [6.45, 7) is 1.23. The summed E-state index contributed by atoms with van der Waals surface area (Å²) in [6, 6.07) is 4.98. The highest BCUT2D eigenvalue weighted by Gasteiger charge is 2.27. The average Bonchev–Trinajstić information content (AvgIpc) is 3.33. The maximum absolute atomic E-state index is 13.1. The zero-order chi connectivity index (χ0) is 23.2. The molecule has 0 unspecified atom stereocenters. The minimum Gasteiger partial charge on any atom is -0.348 e. The lowest BCUT2D eigenvalue weighted by molar-refractivity contribution is -0.133.